The van der Waals surface area contributed by atoms with Gasteiger partial charge in [-0.25, -0.2) is 0 Å². The topological polar surface area (TPSA) is 35.8 Å². The standard InChI is InChI=1S/C26H23BrN2O2/c1-18-16-20(19(2)29(18)23-8-4-21(27)5-9-23)17-28-22-6-10-25(11-7-22)31-26-14-12-24(30-3)13-15-26/h4-17H,1-3H3. The average Bonchev–Trinajstić information content (AvgIpc) is 3.07. The van der Waals surface area contributed by atoms with Crippen LogP contribution in [0.15, 0.2) is 88.3 Å². The van der Waals surface area contributed by atoms with Crippen LogP contribution in [0, 0.1) is 13.8 Å². The molecule has 4 nitrogen and oxygen atoms in total. The molecule has 0 saturated carbocycles. The minimum atomic E-state index is 0.762. The maximum Gasteiger partial charge on any atom is 0.127 e. The van der Waals surface area contributed by atoms with E-state index in [1.54, 1.807) is 7.11 Å². The Morgan fingerprint density at radius 1 is 0.806 bits per heavy atom. The summed E-state index contributed by atoms with van der Waals surface area (Å²) in [6.07, 6.45) is 1.91. The Morgan fingerprint density at radius 3 is 2.00 bits per heavy atom. The van der Waals surface area contributed by atoms with Crippen LogP contribution in [-0.4, -0.2) is 17.9 Å². The van der Waals surface area contributed by atoms with Crippen LogP contribution in [0.5, 0.6) is 17.2 Å². The van der Waals surface area contributed by atoms with Crippen LogP contribution >= 0.6 is 15.9 Å². The quantitative estimate of drug-likeness (QED) is 0.272. The number of nitrogens with zero attached hydrogens (tertiary/aromatic N) is 2. The molecule has 0 fully saturated rings. The highest BCUT2D eigenvalue weighted by atomic mass is 79.9. The van der Waals surface area contributed by atoms with Gasteiger partial charge in [0.1, 0.15) is 17.2 Å². The molecule has 0 aliphatic carbocycles. The van der Waals surface area contributed by atoms with Crippen molar-refractivity contribution in [2.24, 2.45) is 4.99 Å². The van der Waals surface area contributed by atoms with Gasteiger partial charge < -0.3 is 14.0 Å². The largest absolute Gasteiger partial charge is 0.497 e. The summed E-state index contributed by atoms with van der Waals surface area (Å²) in [7, 11) is 1.65. The second kappa shape index (κ2) is 9.23. The Kier molecular flexibility index (Phi) is 6.23. The van der Waals surface area contributed by atoms with Gasteiger partial charge in [-0.1, -0.05) is 15.9 Å². The molecular weight excluding hydrogens is 452 g/mol. The third kappa shape index (κ3) is 4.89. The minimum absolute atomic E-state index is 0.762. The summed E-state index contributed by atoms with van der Waals surface area (Å²) in [4.78, 5) is 4.65. The number of rotatable bonds is 6. The van der Waals surface area contributed by atoms with Crippen molar-refractivity contribution in [2.45, 2.75) is 13.8 Å². The van der Waals surface area contributed by atoms with E-state index in [1.165, 1.54) is 5.69 Å². The number of aliphatic imine (C=N–C) groups is 1. The summed E-state index contributed by atoms with van der Waals surface area (Å²) in [5.74, 6) is 2.33. The first-order valence-corrected chi connectivity index (χ1v) is 10.7. The highest BCUT2D eigenvalue weighted by molar-refractivity contribution is 9.10. The lowest BCUT2D eigenvalue weighted by Crippen LogP contribution is -1.99. The van der Waals surface area contributed by atoms with Crippen LogP contribution in [0.2, 0.25) is 0 Å². The number of hydrogen-bond donors (Lipinski definition) is 0. The first-order valence-electron chi connectivity index (χ1n) is 9.94. The van der Waals surface area contributed by atoms with Gasteiger partial charge in [-0.05, 0) is 92.7 Å². The van der Waals surface area contributed by atoms with Crippen molar-refractivity contribution in [2.75, 3.05) is 7.11 Å². The van der Waals surface area contributed by atoms with Crippen molar-refractivity contribution in [1.29, 1.82) is 0 Å². The molecule has 31 heavy (non-hydrogen) atoms. The normalized spacial score (nSPS) is 11.1. The fourth-order valence-electron chi connectivity index (χ4n) is 3.43. The van der Waals surface area contributed by atoms with Gasteiger partial charge >= 0.3 is 0 Å². The zero-order valence-corrected chi connectivity index (χ0v) is 19.3. The molecule has 3 aromatic carbocycles. The van der Waals surface area contributed by atoms with Crippen molar-refractivity contribution in [3.8, 4) is 22.9 Å². The monoisotopic (exact) mass is 474 g/mol. The molecule has 0 aliphatic heterocycles. The number of hydrogen-bond acceptors (Lipinski definition) is 3. The first kappa shape index (κ1) is 20.9. The van der Waals surface area contributed by atoms with E-state index in [1.807, 2.05) is 54.7 Å². The zero-order valence-electron chi connectivity index (χ0n) is 17.7. The fraction of sp³-hybridized carbons (Fsp3) is 0.115. The molecule has 0 amide bonds. The summed E-state index contributed by atoms with van der Waals surface area (Å²) >= 11 is 3.50. The SMILES string of the molecule is COc1ccc(Oc2ccc(N=Cc3cc(C)n(-c4ccc(Br)cc4)c3C)cc2)cc1. The maximum absolute atomic E-state index is 5.88. The molecule has 0 radical (unpaired) electrons. The second-order valence-corrected chi connectivity index (χ2v) is 8.08. The van der Waals surface area contributed by atoms with Gasteiger partial charge in [0.2, 0.25) is 0 Å². The van der Waals surface area contributed by atoms with E-state index in [-0.39, 0.29) is 0 Å². The minimum Gasteiger partial charge on any atom is -0.497 e. The molecule has 0 bridgehead atoms. The third-order valence-corrected chi connectivity index (χ3v) is 5.57. The predicted octanol–water partition coefficient (Wildman–Crippen LogP) is 7.41. The van der Waals surface area contributed by atoms with Crippen LogP contribution in [-0.2, 0) is 0 Å². The molecular formula is C26H23BrN2O2. The number of halogens is 1. The van der Waals surface area contributed by atoms with E-state index in [0.29, 0.717) is 0 Å². The summed E-state index contributed by atoms with van der Waals surface area (Å²) < 4.78 is 14.4. The summed E-state index contributed by atoms with van der Waals surface area (Å²) in [5, 5.41) is 0. The van der Waals surface area contributed by atoms with Gasteiger partial charge in [0.25, 0.3) is 0 Å². The maximum atomic E-state index is 5.88. The number of methoxy groups -OCH3 is 1. The molecule has 4 rings (SSSR count). The highest BCUT2D eigenvalue weighted by Gasteiger charge is 2.09. The van der Waals surface area contributed by atoms with Crippen LogP contribution in [0.1, 0.15) is 17.0 Å². The first-order chi connectivity index (χ1) is 15.0. The fourth-order valence-corrected chi connectivity index (χ4v) is 3.69. The van der Waals surface area contributed by atoms with Gasteiger partial charge in [0.05, 0.1) is 12.8 Å². The lowest BCUT2D eigenvalue weighted by Gasteiger charge is -2.09. The van der Waals surface area contributed by atoms with Crippen molar-refractivity contribution in [1.82, 2.24) is 4.57 Å². The van der Waals surface area contributed by atoms with Crippen LogP contribution in [0.3, 0.4) is 0 Å². The third-order valence-electron chi connectivity index (χ3n) is 5.04. The van der Waals surface area contributed by atoms with E-state index < -0.39 is 0 Å². The molecule has 0 aliphatic rings. The number of ether oxygens (including phenoxy) is 2. The van der Waals surface area contributed by atoms with Crippen molar-refractivity contribution < 1.29 is 9.47 Å². The Bertz CT molecular complexity index is 1190. The van der Waals surface area contributed by atoms with Crippen molar-refractivity contribution in [3.05, 3.63) is 100 Å². The summed E-state index contributed by atoms with van der Waals surface area (Å²) in [6, 6.07) is 25.7. The number of aryl methyl sites for hydroxylation is 1. The molecule has 5 heteroatoms. The molecule has 0 unspecified atom stereocenters. The second-order valence-electron chi connectivity index (χ2n) is 7.17. The summed E-state index contributed by atoms with van der Waals surface area (Å²) in [6.45, 7) is 4.22. The van der Waals surface area contributed by atoms with Crippen LogP contribution < -0.4 is 9.47 Å². The van der Waals surface area contributed by atoms with E-state index in [0.717, 1.165) is 44.4 Å². The van der Waals surface area contributed by atoms with Gasteiger partial charge in [0, 0.05) is 33.3 Å². The van der Waals surface area contributed by atoms with Gasteiger partial charge in [-0.3, -0.25) is 4.99 Å². The van der Waals surface area contributed by atoms with E-state index in [4.69, 9.17) is 9.47 Å². The van der Waals surface area contributed by atoms with E-state index in [2.05, 4.69) is 69.7 Å². The molecule has 4 aromatic rings. The lowest BCUT2D eigenvalue weighted by molar-refractivity contribution is 0.413. The van der Waals surface area contributed by atoms with Gasteiger partial charge in [-0.15, -0.1) is 0 Å². The number of aromatic nitrogens is 1. The Labute approximate surface area is 190 Å². The average molecular weight is 475 g/mol. The molecule has 1 heterocycles. The molecule has 156 valence electrons. The molecule has 0 N–H and O–H groups in total. The zero-order chi connectivity index (χ0) is 21.8. The van der Waals surface area contributed by atoms with Crippen molar-refractivity contribution in [3.63, 3.8) is 0 Å². The van der Waals surface area contributed by atoms with Crippen LogP contribution in [0.25, 0.3) is 5.69 Å². The van der Waals surface area contributed by atoms with Gasteiger partial charge in [-0.2, -0.15) is 0 Å². The van der Waals surface area contributed by atoms with Crippen LogP contribution in [0.4, 0.5) is 5.69 Å². The number of benzene rings is 3. The molecule has 1 aromatic heterocycles. The Balaban J connectivity index is 1.48. The van der Waals surface area contributed by atoms with Crippen molar-refractivity contribution >= 4 is 27.8 Å². The molecule has 0 saturated heterocycles. The Morgan fingerprint density at radius 2 is 1.39 bits per heavy atom. The molecule has 0 spiro atoms. The predicted molar refractivity (Wildman–Crippen MR) is 130 cm³/mol. The van der Waals surface area contributed by atoms with E-state index >= 15 is 0 Å². The smallest absolute Gasteiger partial charge is 0.127 e. The Hall–Kier alpha value is -3.31. The lowest BCUT2D eigenvalue weighted by atomic mass is 10.2. The summed E-state index contributed by atoms with van der Waals surface area (Å²) in [5.41, 5.74) is 5.43. The highest BCUT2D eigenvalue weighted by Crippen LogP contribution is 2.26. The van der Waals surface area contributed by atoms with E-state index in [9.17, 15) is 0 Å². The van der Waals surface area contributed by atoms with Gasteiger partial charge in [0.15, 0.2) is 0 Å². The molecule has 0 atom stereocenters.